The second-order valence-electron chi connectivity index (χ2n) is 6.27. The first-order chi connectivity index (χ1) is 11.9. The van der Waals surface area contributed by atoms with Crippen molar-refractivity contribution in [3.63, 3.8) is 0 Å². The molecule has 1 N–H and O–H groups in total. The van der Waals surface area contributed by atoms with Crippen LogP contribution in [0.2, 0.25) is 0 Å². The van der Waals surface area contributed by atoms with Gasteiger partial charge in [0.1, 0.15) is 0 Å². The van der Waals surface area contributed by atoms with Crippen LogP contribution in [0.15, 0.2) is 47.6 Å². The van der Waals surface area contributed by atoms with Crippen molar-refractivity contribution < 1.29 is 4.79 Å². The van der Waals surface area contributed by atoms with E-state index in [4.69, 9.17) is 0 Å². The van der Waals surface area contributed by atoms with Crippen LogP contribution in [0, 0.1) is 13.8 Å². The first kappa shape index (κ1) is 19.1. The molecular formula is C20H25N3OS. The van der Waals surface area contributed by atoms with E-state index in [0.717, 1.165) is 17.0 Å². The highest BCUT2D eigenvalue weighted by Crippen LogP contribution is 2.15. The van der Waals surface area contributed by atoms with Crippen molar-refractivity contribution in [1.82, 2.24) is 5.43 Å². The Morgan fingerprint density at radius 3 is 2.36 bits per heavy atom. The molecule has 25 heavy (non-hydrogen) atoms. The molecule has 0 aromatic heterocycles. The topological polar surface area (TPSA) is 44.7 Å². The molecule has 0 spiro atoms. The van der Waals surface area contributed by atoms with Gasteiger partial charge in [-0.25, -0.2) is 5.43 Å². The van der Waals surface area contributed by atoms with Gasteiger partial charge in [-0.3, -0.25) is 4.79 Å². The quantitative estimate of drug-likeness (QED) is 0.608. The molecule has 0 saturated carbocycles. The average molecular weight is 356 g/mol. The summed E-state index contributed by atoms with van der Waals surface area (Å²) in [5.74, 6) is 1.13. The lowest BCUT2D eigenvalue weighted by molar-refractivity contribution is -0.118. The maximum absolute atomic E-state index is 11.8. The summed E-state index contributed by atoms with van der Waals surface area (Å²) in [5.41, 5.74) is 8.42. The number of thioether (sulfide) groups is 1. The second-order valence-corrected chi connectivity index (χ2v) is 7.25. The van der Waals surface area contributed by atoms with Gasteiger partial charge in [0.2, 0.25) is 5.91 Å². The fourth-order valence-electron chi connectivity index (χ4n) is 2.48. The lowest BCUT2D eigenvalue weighted by Gasteiger charge is -2.11. The zero-order valence-electron chi connectivity index (χ0n) is 15.2. The fourth-order valence-corrected chi connectivity index (χ4v) is 3.24. The molecule has 0 bridgehead atoms. The van der Waals surface area contributed by atoms with E-state index in [0.29, 0.717) is 5.75 Å². The molecule has 132 valence electrons. The number of anilines is 1. The van der Waals surface area contributed by atoms with E-state index < -0.39 is 0 Å². The minimum absolute atomic E-state index is 0.0875. The summed E-state index contributed by atoms with van der Waals surface area (Å²) >= 11 is 1.59. The third-order valence-corrected chi connectivity index (χ3v) is 4.60. The third kappa shape index (κ3) is 6.63. The molecule has 0 unspecified atom stereocenters. The minimum Gasteiger partial charge on any atom is -0.378 e. The molecular weight excluding hydrogens is 330 g/mol. The van der Waals surface area contributed by atoms with E-state index in [-0.39, 0.29) is 5.91 Å². The van der Waals surface area contributed by atoms with E-state index in [1.165, 1.54) is 16.7 Å². The van der Waals surface area contributed by atoms with E-state index in [1.807, 2.05) is 43.3 Å². The van der Waals surface area contributed by atoms with E-state index in [9.17, 15) is 4.79 Å². The summed E-state index contributed by atoms with van der Waals surface area (Å²) in [6.07, 6.45) is 1.66. The number of hydrogen-bond donors (Lipinski definition) is 1. The molecule has 0 aliphatic carbocycles. The van der Waals surface area contributed by atoms with Crippen molar-refractivity contribution in [2.24, 2.45) is 5.10 Å². The molecule has 5 heteroatoms. The van der Waals surface area contributed by atoms with Gasteiger partial charge < -0.3 is 4.90 Å². The Morgan fingerprint density at radius 1 is 1.12 bits per heavy atom. The Morgan fingerprint density at radius 2 is 1.76 bits per heavy atom. The molecule has 0 fully saturated rings. The van der Waals surface area contributed by atoms with Crippen LogP contribution in [0.4, 0.5) is 5.69 Å². The highest BCUT2D eigenvalue weighted by Gasteiger charge is 2.02. The number of rotatable bonds is 7. The fraction of sp³-hybridized carbons (Fsp3) is 0.300. The highest BCUT2D eigenvalue weighted by molar-refractivity contribution is 7.99. The summed E-state index contributed by atoms with van der Waals surface area (Å²) in [7, 11) is 4.00. The molecule has 4 nitrogen and oxygen atoms in total. The number of hydrogen-bond acceptors (Lipinski definition) is 4. The van der Waals surface area contributed by atoms with Gasteiger partial charge in [-0.05, 0) is 37.1 Å². The molecule has 1 amide bonds. The lowest BCUT2D eigenvalue weighted by atomic mass is 10.1. The van der Waals surface area contributed by atoms with Gasteiger partial charge in [0, 0.05) is 25.5 Å². The molecule has 0 radical (unpaired) electrons. The Labute approximate surface area is 154 Å². The molecule has 0 atom stereocenters. The molecule has 0 aliphatic rings. The number of carbonyl (C=O) groups excluding carboxylic acids is 1. The molecule has 2 aromatic carbocycles. The van der Waals surface area contributed by atoms with Gasteiger partial charge in [-0.15, -0.1) is 11.8 Å². The monoisotopic (exact) mass is 355 g/mol. The molecule has 0 saturated heterocycles. The normalized spacial score (nSPS) is 10.9. The zero-order valence-corrected chi connectivity index (χ0v) is 16.1. The third-order valence-electron chi connectivity index (χ3n) is 3.60. The SMILES string of the molecule is Cc1cc(C)cc(CSCC(=O)NN=Cc2ccc(N(C)C)cc2)c1. The van der Waals surface area contributed by atoms with Gasteiger partial charge in [0.15, 0.2) is 0 Å². The second kappa shape index (κ2) is 9.28. The van der Waals surface area contributed by atoms with Crippen LogP contribution in [-0.4, -0.2) is 32.0 Å². The minimum atomic E-state index is -0.0875. The standard InChI is InChI=1S/C20H25N3OS/c1-15-9-16(2)11-18(10-15)13-25-14-20(24)22-21-12-17-5-7-19(8-6-17)23(3)4/h5-12H,13-14H2,1-4H3,(H,22,24). The smallest absolute Gasteiger partial charge is 0.250 e. The average Bonchev–Trinajstić information content (AvgIpc) is 2.54. The molecule has 0 heterocycles. The van der Waals surface area contributed by atoms with Gasteiger partial charge in [-0.1, -0.05) is 41.5 Å². The number of hydrazone groups is 1. The number of amides is 1. The Hall–Kier alpha value is -2.27. The van der Waals surface area contributed by atoms with Gasteiger partial charge in [0.05, 0.1) is 12.0 Å². The number of carbonyl (C=O) groups is 1. The van der Waals surface area contributed by atoms with Crippen molar-refractivity contribution in [3.05, 3.63) is 64.7 Å². The van der Waals surface area contributed by atoms with Gasteiger partial charge in [-0.2, -0.15) is 5.10 Å². The van der Waals surface area contributed by atoms with Crippen molar-refractivity contribution >= 4 is 29.6 Å². The van der Waals surface area contributed by atoms with Crippen LogP contribution in [0.3, 0.4) is 0 Å². The van der Waals surface area contributed by atoms with Gasteiger partial charge >= 0.3 is 0 Å². The first-order valence-electron chi connectivity index (χ1n) is 8.18. The summed E-state index contributed by atoms with van der Waals surface area (Å²) < 4.78 is 0. The summed E-state index contributed by atoms with van der Waals surface area (Å²) in [6, 6.07) is 14.5. The van der Waals surface area contributed by atoms with Crippen molar-refractivity contribution in [2.45, 2.75) is 19.6 Å². The number of nitrogens with zero attached hydrogens (tertiary/aromatic N) is 2. The Bertz CT molecular complexity index is 719. The van der Waals surface area contributed by atoms with E-state index >= 15 is 0 Å². The van der Waals surface area contributed by atoms with Crippen LogP contribution >= 0.6 is 11.8 Å². The highest BCUT2D eigenvalue weighted by atomic mass is 32.2. The van der Waals surface area contributed by atoms with Crippen LogP contribution < -0.4 is 10.3 Å². The van der Waals surface area contributed by atoms with E-state index in [2.05, 4.69) is 42.6 Å². The largest absolute Gasteiger partial charge is 0.378 e. The first-order valence-corrected chi connectivity index (χ1v) is 9.34. The van der Waals surface area contributed by atoms with Crippen LogP contribution in [0.1, 0.15) is 22.3 Å². The molecule has 2 rings (SSSR count). The van der Waals surface area contributed by atoms with Crippen LogP contribution in [0.25, 0.3) is 0 Å². The number of benzene rings is 2. The maximum Gasteiger partial charge on any atom is 0.250 e. The summed E-state index contributed by atoms with van der Waals surface area (Å²) in [4.78, 5) is 13.9. The number of nitrogens with one attached hydrogen (secondary N) is 1. The molecule has 0 aliphatic heterocycles. The predicted octanol–water partition coefficient (Wildman–Crippen LogP) is 3.75. The lowest BCUT2D eigenvalue weighted by Crippen LogP contribution is -2.19. The summed E-state index contributed by atoms with van der Waals surface area (Å²) in [6.45, 7) is 4.18. The van der Waals surface area contributed by atoms with Crippen LogP contribution in [-0.2, 0) is 10.5 Å². The predicted molar refractivity (Wildman–Crippen MR) is 109 cm³/mol. The summed E-state index contributed by atoms with van der Waals surface area (Å²) in [5, 5.41) is 4.02. The number of aryl methyl sites for hydroxylation is 2. The Kier molecular flexibility index (Phi) is 7.07. The molecule has 2 aromatic rings. The van der Waals surface area contributed by atoms with Crippen molar-refractivity contribution in [3.8, 4) is 0 Å². The maximum atomic E-state index is 11.8. The van der Waals surface area contributed by atoms with Crippen molar-refractivity contribution in [1.29, 1.82) is 0 Å². The zero-order chi connectivity index (χ0) is 18.2. The Balaban J connectivity index is 1.74. The van der Waals surface area contributed by atoms with Crippen LogP contribution in [0.5, 0.6) is 0 Å². The van der Waals surface area contributed by atoms with E-state index in [1.54, 1.807) is 18.0 Å². The van der Waals surface area contributed by atoms with Crippen molar-refractivity contribution in [2.75, 3.05) is 24.7 Å². The van der Waals surface area contributed by atoms with Gasteiger partial charge in [0.25, 0.3) is 0 Å².